The summed E-state index contributed by atoms with van der Waals surface area (Å²) in [5.74, 6) is 0.886. The maximum absolute atomic E-state index is 10.0. The van der Waals surface area contributed by atoms with Crippen molar-refractivity contribution in [3.05, 3.63) is 29.8 Å². The molecule has 1 aromatic rings. The van der Waals surface area contributed by atoms with E-state index in [1.165, 1.54) is 5.56 Å². The summed E-state index contributed by atoms with van der Waals surface area (Å²) in [4.78, 5) is 0. The number of likely N-dealkylation sites (N-methyl/N-ethyl adjacent to an activating group) is 1. The Hall–Kier alpha value is -1.06. The van der Waals surface area contributed by atoms with Crippen molar-refractivity contribution in [3.8, 4) is 5.75 Å². The van der Waals surface area contributed by atoms with Crippen LogP contribution in [0.5, 0.6) is 5.75 Å². The van der Waals surface area contributed by atoms with Gasteiger partial charge in [-0.1, -0.05) is 19.8 Å². The van der Waals surface area contributed by atoms with E-state index in [1.54, 1.807) is 7.11 Å². The molecule has 0 spiro atoms. The van der Waals surface area contributed by atoms with Crippen LogP contribution in [0.15, 0.2) is 24.3 Å². The first-order valence-electron chi connectivity index (χ1n) is 7.10. The smallest absolute Gasteiger partial charge is 0.118 e. The first kappa shape index (κ1) is 16.0. The lowest BCUT2D eigenvalue weighted by atomic mass is 10.1. The van der Waals surface area contributed by atoms with Crippen molar-refractivity contribution in [3.63, 3.8) is 0 Å². The average Bonchev–Trinajstić information content (AvgIpc) is 2.36. The molecule has 19 heavy (non-hydrogen) atoms. The molecule has 0 aliphatic rings. The topological polar surface area (TPSA) is 29.5 Å². The molecule has 0 saturated heterocycles. The molecule has 1 unspecified atom stereocenters. The van der Waals surface area contributed by atoms with E-state index in [9.17, 15) is 5.11 Å². The van der Waals surface area contributed by atoms with Gasteiger partial charge in [-0.2, -0.15) is 0 Å². The molecule has 0 radical (unpaired) electrons. The fraction of sp³-hybridized carbons (Fsp3) is 0.625. The van der Waals surface area contributed by atoms with E-state index in [-0.39, 0.29) is 6.10 Å². The highest BCUT2D eigenvalue weighted by Gasteiger charge is 2.20. The number of quaternary nitrogens is 1. The molecule has 0 amide bonds. The van der Waals surface area contributed by atoms with Gasteiger partial charge >= 0.3 is 0 Å². The summed E-state index contributed by atoms with van der Waals surface area (Å²) in [6.45, 7) is 3.88. The summed E-state index contributed by atoms with van der Waals surface area (Å²) >= 11 is 0. The van der Waals surface area contributed by atoms with Crippen molar-refractivity contribution in [2.45, 2.75) is 38.8 Å². The highest BCUT2D eigenvalue weighted by molar-refractivity contribution is 5.26. The number of aliphatic hydroxyl groups excluding tert-OH is 1. The molecule has 1 aromatic carbocycles. The van der Waals surface area contributed by atoms with Crippen LogP contribution in [0.25, 0.3) is 0 Å². The highest BCUT2D eigenvalue weighted by Crippen LogP contribution is 2.16. The molecule has 0 saturated carbocycles. The number of unbranched alkanes of at least 4 members (excludes halogenated alkanes) is 1. The lowest BCUT2D eigenvalue weighted by molar-refractivity contribution is -0.906. The third kappa shape index (κ3) is 6.08. The Morgan fingerprint density at radius 2 is 1.84 bits per heavy atom. The molecule has 1 rings (SSSR count). The lowest BCUT2D eigenvalue weighted by Gasteiger charge is -2.32. The van der Waals surface area contributed by atoms with E-state index in [4.69, 9.17) is 4.74 Å². The van der Waals surface area contributed by atoms with Gasteiger partial charge in [0, 0.05) is 5.56 Å². The van der Waals surface area contributed by atoms with Gasteiger partial charge in [-0.05, 0) is 30.7 Å². The van der Waals surface area contributed by atoms with Gasteiger partial charge in [0.25, 0.3) is 0 Å². The van der Waals surface area contributed by atoms with Crippen molar-refractivity contribution in [2.75, 3.05) is 27.7 Å². The van der Waals surface area contributed by atoms with Gasteiger partial charge in [0.05, 0.1) is 21.2 Å². The molecule has 108 valence electrons. The lowest BCUT2D eigenvalue weighted by Crippen LogP contribution is -2.44. The largest absolute Gasteiger partial charge is 0.497 e. The first-order valence-corrected chi connectivity index (χ1v) is 7.10. The van der Waals surface area contributed by atoms with E-state index in [0.29, 0.717) is 0 Å². The van der Waals surface area contributed by atoms with Crippen molar-refractivity contribution in [1.29, 1.82) is 0 Å². The molecule has 0 aliphatic carbocycles. The van der Waals surface area contributed by atoms with Crippen molar-refractivity contribution < 1.29 is 14.3 Å². The minimum absolute atomic E-state index is 0.201. The zero-order chi connectivity index (χ0) is 14.3. The Labute approximate surface area is 117 Å². The SMILES string of the molecule is CCCCC(O)C[N+](C)(C)Cc1ccc(OC)cc1. The van der Waals surface area contributed by atoms with Crippen molar-refractivity contribution in [2.24, 2.45) is 0 Å². The number of hydrogen-bond acceptors (Lipinski definition) is 2. The summed E-state index contributed by atoms with van der Waals surface area (Å²) in [6.07, 6.45) is 2.95. The predicted molar refractivity (Wildman–Crippen MR) is 79.2 cm³/mol. The third-order valence-corrected chi connectivity index (χ3v) is 3.37. The summed E-state index contributed by atoms with van der Waals surface area (Å²) in [5, 5.41) is 10.0. The van der Waals surface area contributed by atoms with E-state index in [1.807, 2.05) is 12.1 Å². The Morgan fingerprint density at radius 3 is 2.37 bits per heavy atom. The number of aliphatic hydroxyl groups is 1. The zero-order valence-electron chi connectivity index (χ0n) is 12.7. The molecule has 0 aromatic heterocycles. The Balaban J connectivity index is 2.52. The number of hydrogen-bond donors (Lipinski definition) is 1. The normalized spacial score (nSPS) is 13.3. The van der Waals surface area contributed by atoms with Gasteiger partial charge in [-0.3, -0.25) is 0 Å². The minimum Gasteiger partial charge on any atom is -0.497 e. The molecular weight excluding hydrogens is 238 g/mol. The Bertz CT molecular complexity index is 360. The molecule has 3 nitrogen and oxygen atoms in total. The molecule has 0 fully saturated rings. The molecule has 0 aliphatic heterocycles. The second kappa shape index (κ2) is 7.51. The van der Waals surface area contributed by atoms with Gasteiger partial charge in [0.2, 0.25) is 0 Å². The van der Waals surface area contributed by atoms with Gasteiger partial charge < -0.3 is 14.3 Å². The van der Waals surface area contributed by atoms with Gasteiger partial charge in [0.15, 0.2) is 0 Å². The van der Waals surface area contributed by atoms with E-state index >= 15 is 0 Å². The van der Waals surface area contributed by atoms with Gasteiger partial charge in [-0.25, -0.2) is 0 Å². The van der Waals surface area contributed by atoms with Crippen LogP contribution in [0.3, 0.4) is 0 Å². The van der Waals surface area contributed by atoms with Crippen LogP contribution in [-0.4, -0.2) is 43.4 Å². The van der Waals surface area contributed by atoms with Crippen LogP contribution in [0, 0.1) is 0 Å². The second-order valence-corrected chi connectivity index (χ2v) is 5.92. The third-order valence-electron chi connectivity index (χ3n) is 3.37. The number of methoxy groups -OCH3 is 1. The Morgan fingerprint density at radius 1 is 1.21 bits per heavy atom. The van der Waals surface area contributed by atoms with Gasteiger partial charge in [0.1, 0.15) is 24.9 Å². The molecular formula is C16H28NO2+. The van der Waals surface area contributed by atoms with Crippen LogP contribution in [0.2, 0.25) is 0 Å². The maximum Gasteiger partial charge on any atom is 0.118 e. The standard InChI is InChI=1S/C16H28NO2/c1-5-6-7-15(18)13-17(2,3)12-14-8-10-16(19-4)11-9-14/h8-11,15,18H,5-7,12-13H2,1-4H3/q+1. The van der Waals surface area contributed by atoms with Crippen LogP contribution >= 0.6 is 0 Å². The number of benzene rings is 1. The van der Waals surface area contributed by atoms with Crippen LogP contribution in [0.4, 0.5) is 0 Å². The fourth-order valence-electron chi connectivity index (χ4n) is 2.39. The summed E-state index contributed by atoms with van der Waals surface area (Å²) in [7, 11) is 6.01. The first-order chi connectivity index (χ1) is 8.96. The summed E-state index contributed by atoms with van der Waals surface area (Å²) in [5.41, 5.74) is 1.27. The number of nitrogens with zero attached hydrogens (tertiary/aromatic N) is 1. The van der Waals surface area contributed by atoms with Crippen LogP contribution < -0.4 is 4.74 Å². The van der Waals surface area contributed by atoms with Crippen molar-refractivity contribution in [1.82, 2.24) is 0 Å². The number of rotatable bonds is 8. The fourth-order valence-corrected chi connectivity index (χ4v) is 2.39. The Kier molecular flexibility index (Phi) is 6.32. The molecule has 0 bridgehead atoms. The van der Waals surface area contributed by atoms with Gasteiger partial charge in [-0.15, -0.1) is 0 Å². The maximum atomic E-state index is 10.0. The van der Waals surface area contributed by atoms with Crippen LogP contribution in [0.1, 0.15) is 31.7 Å². The van der Waals surface area contributed by atoms with E-state index < -0.39 is 0 Å². The highest BCUT2D eigenvalue weighted by atomic mass is 16.5. The monoisotopic (exact) mass is 266 g/mol. The predicted octanol–water partition coefficient (Wildman–Crippen LogP) is 2.82. The van der Waals surface area contributed by atoms with E-state index in [2.05, 4.69) is 33.2 Å². The minimum atomic E-state index is -0.201. The summed E-state index contributed by atoms with van der Waals surface area (Å²) in [6, 6.07) is 8.17. The molecule has 1 N–H and O–H groups in total. The quantitative estimate of drug-likeness (QED) is 0.733. The average molecular weight is 266 g/mol. The van der Waals surface area contributed by atoms with Crippen molar-refractivity contribution >= 4 is 0 Å². The summed E-state index contributed by atoms with van der Waals surface area (Å²) < 4.78 is 5.97. The molecule has 0 heterocycles. The zero-order valence-corrected chi connectivity index (χ0v) is 12.7. The second-order valence-electron chi connectivity index (χ2n) is 5.92. The van der Waals surface area contributed by atoms with E-state index in [0.717, 1.165) is 42.6 Å². The molecule has 3 heteroatoms. The van der Waals surface area contributed by atoms with Crippen LogP contribution in [-0.2, 0) is 6.54 Å². The molecule has 1 atom stereocenters. The number of ether oxygens (including phenoxy) is 1.